The van der Waals surface area contributed by atoms with Gasteiger partial charge >= 0.3 is 0 Å². The summed E-state index contributed by atoms with van der Waals surface area (Å²) in [6, 6.07) is 1.25. The molecule has 20 heavy (non-hydrogen) atoms. The van der Waals surface area contributed by atoms with Gasteiger partial charge in [0, 0.05) is 12.1 Å². The number of likely N-dealkylation sites (tertiary alicyclic amines) is 1. The van der Waals surface area contributed by atoms with Crippen LogP contribution < -0.4 is 11.1 Å². The van der Waals surface area contributed by atoms with E-state index in [4.69, 9.17) is 5.73 Å². The molecule has 0 aromatic carbocycles. The predicted molar refractivity (Wildman–Crippen MR) is 82.5 cm³/mol. The largest absolute Gasteiger partial charge is 0.368 e. The second kappa shape index (κ2) is 6.90. The molecule has 0 aromatic heterocycles. The summed E-state index contributed by atoms with van der Waals surface area (Å²) in [5, 5.41) is 3.47. The second-order valence-corrected chi connectivity index (χ2v) is 6.57. The number of amides is 1. The average molecular weight is 281 g/mol. The Labute approximate surface area is 123 Å². The first-order valence-electron chi connectivity index (χ1n) is 8.43. The zero-order valence-electron chi connectivity index (χ0n) is 13.2. The van der Waals surface area contributed by atoms with Crippen molar-refractivity contribution in [3.63, 3.8) is 0 Å². The van der Waals surface area contributed by atoms with Crippen LogP contribution in [0.25, 0.3) is 0 Å². The molecule has 1 amide bonds. The molecule has 3 atom stereocenters. The summed E-state index contributed by atoms with van der Waals surface area (Å²) < 4.78 is 0. The number of hydrogen-bond donors (Lipinski definition) is 2. The van der Waals surface area contributed by atoms with Crippen LogP contribution in [0, 0.1) is 0 Å². The number of nitrogens with two attached hydrogens (primary N) is 1. The third kappa shape index (κ3) is 3.17. The van der Waals surface area contributed by atoms with E-state index in [1.54, 1.807) is 0 Å². The molecule has 0 radical (unpaired) electrons. The van der Waals surface area contributed by atoms with Gasteiger partial charge in [0.05, 0.1) is 5.54 Å². The minimum Gasteiger partial charge on any atom is -0.368 e. The molecule has 1 saturated heterocycles. The number of carbonyl (C=O) groups is 1. The first-order valence-corrected chi connectivity index (χ1v) is 8.43. The lowest BCUT2D eigenvalue weighted by Gasteiger charge is -2.44. The van der Waals surface area contributed by atoms with Gasteiger partial charge in [-0.25, -0.2) is 0 Å². The van der Waals surface area contributed by atoms with Crippen molar-refractivity contribution in [2.24, 2.45) is 5.73 Å². The Hall–Kier alpha value is -0.610. The van der Waals surface area contributed by atoms with Crippen LogP contribution in [0.4, 0.5) is 0 Å². The molecule has 0 bridgehead atoms. The van der Waals surface area contributed by atoms with Gasteiger partial charge in [0.1, 0.15) is 0 Å². The molecule has 3 unspecified atom stereocenters. The quantitative estimate of drug-likeness (QED) is 0.783. The maximum absolute atomic E-state index is 12.0. The second-order valence-electron chi connectivity index (χ2n) is 6.57. The van der Waals surface area contributed by atoms with E-state index in [0.717, 1.165) is 38.3 Å². The van der Waals surface area contributed by atoms with Crippen molar-refractivity contribution in [1.29, 1.82) is 0 Å². The molecule has 4 nitrogen and oxygen atoms in total. The van der Waals surface area contributed by atoms with E-state index in [1.165, 1.54) is 32.2 Å². The van der Waals surface area contributed by atoms with E-state index < -0.39 is 5.54 Å². The third-order valence-electron chi connectivity index (χ3n) is 5.27. The zero-order chi connectivity index (χ0) is 14.6. The van der Waals surface area contributed by atoms with E-state index in [0.29, 0.717) is 6.04 Å². The summed E-state index contributed by atoms with van der Waals surface area (Å²) in [5.74, 6) is -0.150. The normalized spacial score (nSPS) is 35.3. The number of nitrogens with zero attached hydrogens (tertiary/aromatic N) is 1. The summed E-state index contributed by atoms with van der Waals surface area (Å²) in [5.41, 5.74) is 5.29. The smallest absolute Gasteiger partial charge is 0.237 e. The van der Waals surface area contributed by atoms with Crippen molar-refractivity contribution in [1.82, 2.24) is 10.2 Å². The number of nitrogens with one attached hydrogen (secondary N) is 1. The molecule has 1 heterocycles. The summed E-state index contributed by atoms with van der Waals surface area (Å²) in [4.78, 5) is 14.7. The van der Waals surface area contributed by atoms with E-state index in [9.17, 15) is 4.79 Å². The SMILES string of the molecule is CCCNC1(C(N)=O)CCCC(N2CCCC2CC)C1. The van der Waals surface area contributed by atoms with Gasteiger partial charge in [-0.2, -0.15) is 0 Å². The lowest BCUT2D eigenvalue weighted by atomic mass is 9.77. The molecule has 0 spiro atoms. The fourth-order valence-corrected chi connectivity index (χ4v) is 4.14. The topological polar surface area (TPSA) is 58.4 Å². The fraction of sp³-hybridized carbons (Fsp3) is 0.938. The van der Waals surface area contributed by atoms with E-state index >= 15 is 0 Å². The van der Waals surface area contributed by atoms with E-state index in [2.05, 4.69) is 24.1 Å². The van der Waals surface area contributed by atoms with Gasteiger partial charge in [-0.05, 0) is 64.5 Å². The first-order chi connectivity index (χ1) is 9.63. The monoisotopic (exact) mass is 281 g/mol. The minimum atomic E-state index is -0.459. The minimum absolute atomic E-state index is 0.150. The van der Waals surface area contributed by atoms with E-state index in [1.807, 2.05) is 0 Å². The average Bonchev–Trinajstić information content (AvgIpc) is 2.93. The van der Waals surface area contributed by atoms with E-state index in [-0.39, 0.29) is 5.91 Å². The zero-order valence-corrected chi connectivity index (χ0v) is 13.2. The van der Waals surface area contributed by atoms with Gasteiger partial charge in [-0.3, -0.25) is 9.69 Å². The van der Waals surface area contributed by atoms with Gasteiger partial charge < -0.3 is 11.1 Å². The van der Waals surface area contributed by atoms with Crippen LogP contribution in [0.2, 0.25) is 0 Å². The maximum atomic E-state index is 12.0. The van der Waals surface area contributed by atoms with Crippen LogP contribution in [0.3, 0.4) is 0 Å². The summed E-state index contributed by atoms with van der Waals surface area (Å²) in [7, 11) is 0. The fourth-order valence-electron chi connectivity index (χ4n) is 4.14. The molecule has 2 rings (SSSR count). The van der Waals surface area contributed by atoms with Crippen LogP contribution in [-0.2, 0) is 4.79 Å². The van der Waals surface area contributed by atoms with Gasteiger partial charge in [0.2, 0.25) is 5.91 Å². The summed E-state index contributed by atoms with van der Waals surface area (Å²) in [6.45, 7) is 6.50. The lowest BCUT2D eigenvalue weighted by molar-refractivity contribution is -0.126. The van der Waals surface area contributed by atoms with Crippen LogP contribution >= 0.6 is 0 Å². The van der Waals surface area contributed by atoms with Crippen molar-refractivity contribution >= 4 is 5.91 Å². The molecular formula is C16H31N3O. The highest BCUT2D eigenvalue weighted by atomic mass is 16.1. The van der Waals surface area contributed by atoms with Crippen LogP contribution in [0.15, 0.2) is 0 Å². The molecule has 116 valence electrons. The summed E-state index contributed by atoms with van der Waals surface area (Å²) in [6.07, 6.45) is 9.03. The van der Waals surface area contributed by atoms with Gasteiger partial charge in [-0.1, -0.05) is 13.8 Å². The highest BCUT2D eigenvalue weighted by Crippen LogP contribution is 2.35. The van der Waals surface area contributed by atoms with Crippen LogP contribution in [0.1, 0.15) is 65.2 Å². The molecule has 4 heteroatoms. The molecule has 1 saturated carbocycles. The van der Waals surface area contributed by atoms with Gasteiger partial charge in [0.25, 0.3) is 0 Å². The van der Waals surface area contributed by atoms with Crippen LogP contribution in [0.5, 0.6) is 0 Å². The lowest BCUT2D eigenvalue weighted by Crippen LogP contribution is -2.61. The standard InChI is InChI=1S/C16H31N3O/c1-3-10-18-16(15(17)20)9-5-7-14(12-16)19-11-6-8-13(19)4-2/h13-14,18H,3-12H2,1-2H3,(H2,17,20). The number of hydrogen-bond acceptors (Lipinski definition) is 3. The Morgan fingerprint density at radius 2 is 2.15 bits per heavy atom. The molecule has 3 N–H and O–H groups in total. The highest BCUT2D eigenvalue weighted by Gasteiger charge is 2.44. The van der Waals surface area contributed by atoms with Crippen molar-refractivity contribution in [2.75, 3.05) is 13.1 Å². The Kier molecular flexibility index (Phi) is 5.44. The van der Waals surface area contributed by atoms with Crippen LogP contribution in [-0.4, -0.2) is 41.5 Å². The maximum Gasteiger partial charge on any atom is 0.237 e. The predicted octanol–water partition coefficient (Wildman–Crippen LogP) is 2.03. The molecular weight excluding hydrogens is 250 g/mol. The number of carbonyl (C=O) groups excluding carboxylic acids is 1. The third-order valence-corrected chi connectivity index (χ3v) is 5.27. The van der Waals surface area contributed by atoms with Crippen molar-refractivity contribution in [3.05, 3.63) is 0 Å². The molecule has 2 fully saturated rings. The van der Waals surface area contributed by atoms with Crippen molar-refractivity contribution in [2.45, 2.75) is 82.8 Å². The van der Waals surface area contributed by atoms with Crippen molar-refractivity contribution < 1.29 is 4.79 Å². The highest BCUT2D eigenvalue weighted by molar-refractivity contribution is 5.84. The molecule has 1 aliphatic heterocycles. The molecule has 1 aliphatic carbocycles. The first kappa shape index (κ1) is 15.8. The Balaban J connectivity index is 2.07. The Morgan fingerprint density at radius 3 is 2.80 bits per heavy atom. The number of rotatable bonds is 6. The van der Waals surface area contributed by atoms with Gasteiger partial charge in [0.15, 0.2) is 0 Å². The molecule has 0 aromatic rings. The van der Waals surface area contributed by atoms with Gasteiger partial charge in [-0.15, -0.1) is 0 Å². The molecule has 2 aliphatic rings. The summed E-state index contributed by atoms with van der Waals surface area (Å²) >= 11 is 0. The van der Waals surface area contributed by atoms with Crippen molar-refractivity contribution in [3.8, 4) is 0 Å². The Morgan fingerprint density at radius 1 is 1.35 bits per heavy atom. The Bertz CT molecular complexity index is 334. The number of primary amides is 1.